The third-order valence-corrected chi connectivity index (χ3v) is 3.14. The van der Waals surface area contributed by atoms with Gasteiger partial charge in [0.1, 0.15) is 0 Å². The number of anilines is 1. The molecule has 1 aliphatic rings. The third kappa shape index (κ3) is 2.48. The van der Waals surface area contributed by atoms with E-state index in [1.54, 1.807) is 6.92 Å². The highest BCUT2D eigenvalue weighted by Gasteiger charge is 2.13. The normalized spacial score (nSPS) is 18.6. The second-order valence-corrected chi connectivity index (χ2v) is 4.39. The minimum absolute atomic E-state index is 0.522. The highest BCUT2D eigenvalue weighted by atomic mass is 35.5. The van der Waals surface area contributed by atoms with Crippen LogP contribution in [0.1, 0.15) is 18.6 Å². The van der Waals surface area contributed by atoms with Gasteiger partial charge in [0.15, 0.2) is 0 Å². The van der Waals surface area contributed by atoms with E-state index in [-0.39, 0.29) is 0 Å². The molecule has 0 bridgehead atoms. The summed E-state index contributed by atoms with van der Waals surface area (Å²) in [5.74, 6) is 0. The highest BCUT2D eigenvalue weighted by Crippen LogP contribution is 2.28. The average Bonchev–Trinajstić information content (AvgIpc) is 2.29. The Bertz CT molecular complexity index is 362. The lowest BCUT2D eigenvalue weighted by Crippen LogP contribution is -2.36. The molecule has 1 N–H and O–H groups in total. The number of hydrogen-bond acceptors (Lipinski definition) is 3. The number of ether oxygens (including phenoxy) is 1. The number of halogens is 1. The quantitative estimate of drug-likeness (QED) is 0.862. The number of benzene rings is 1. The molecule has 16 heavy (non-hydrogen) atoms. The minimum Gasteiger partial charge on any atom is -0.389 e. The van der Waals surface area contributed by atoms with Gasteiger partial charge in [0.2, 0.25) is 0 Å². The molecule has 1 unspecified atom stereocenters. The number of aliphatic hydroxyl groups is 1. The van der Waals surface area contributed by atoms with Crippen molar-refractivity contribution in [3.05, 3.63) is 28.8 Å². The predicted molar refractivity (Wildman–Crippen MR) is 65.1 cm³/mol. The molecule has 0 aliphatic carbocycles. The Morgan fingerprint density at radius 3 is 2.62 bits per heavy atom. The molecule has 1 heterocycles. The van der Waals surface area contributed by atoms with Crippen LogP contribution in [-0.2, 0) is 4.74 Å². The fraction of sp³-hybridized carbons (Fsp3) is 0.500. The summed E-state index contributed by atoms with van der Waals surface area (Å²) in [6, 6.07) is 5.80. The Kier molecular flexibility index (Phi) is 3.69. The summed E-state index contributed by atoms with van der Waals surface area (Å²) < 4.78 is 5.30. The molecule has 88 valence electrons. The van der Waals surface area contributed by atoms with E-state index in [4.69, 9.17) is 16.3 Å². The van der Waals surface area contributed by atoms with Crippen LogP contribution in [0.15, 0.2) is 18.2 Å². The maximum absolute atomic E-state index is 9.49. The van der Waals surface area contributed by atoms with Gasteiger partial charge in [0.25, 0.3) is 0 Å². The van der Waals surface area contributed by atoms with Crippen LogP contribution in [0.25, 0.3) is 0 Å². The van der Waals surface area contributed by atoms with Gasteiger partial charge >= 0.3 is 0 Å². The molecular formula is C12H16ClNO2. The first-order valence-corrected chi connectivity index (χ1v) is 5.86. The fourth-order valence-electron chi connectivity index (χ4n) is 1.87. The van der Waals surface area contributed by atoms with Gasteiger partial charge in [0.05, 0.1) is 19.3 Å². The molecule has 1 atom stereocenters. The van der Waals surface area contributed by atoms with E-state index in [2.05, 4.69) is 4.90 Å². The Balaban J connectivity index is 2.19. The number of aliphatic hydroxyl groups excluding tert-OH is 1. The summed E-state index contributed by atoms with van der Waals surface area (Å²) >= 11 is 6.13. The summed E-state index contributed by atoms with van der Waals surface area (Å²) in [5, 5.41) is 10.1. The highest BCUT2D eigenvalue weighted by molar-refractivity contribution is 6.31. The molecule has 3 nitrogen and oxygen atoms in total. The number of hydrogen-bond donors (Lipinski definition) is 1. The molecule has 0 saturated carbocycles. The van der Waals surface area contributed by atoms with E-state index in [0.29, 0.717) is 5.02 Å². The lowest BCUT2D eigenvalue weighted by atomic mass is 10.1. The average molecular weight is 242 g/mol. The van der Waals surface area contributed by atoms with Gasteiger partial charge < -0.3 is 14.7 Å². The Morgan fingerprint density at radius 1 is 1.38 bits per heavy atom. The van der Waals surface area contributed by atoms with Crippen LogP contribution >= 0.6 is 11.6 Å². The van der Waals surface area contributed by atoms with Gasteiger partial charge in [-0.25, -0.2) is 0 Å². The third-order valence-electron chi connectivity index (χ3n) is 2.81. The first-order chi connectivity index (χ1) is 7.68. The summed E-state index contributed by atoms with van der Waals surface area (Å²) in [5.41, 5.74) is 1.87. The van der Waals surface area contributed by atoms with Gasteiger partial charge in [-0.2, -0.15) is 0 Å². The summed E-state index contributed by atoms with van der Waals surface area (Å²) in [7, 11) is 0. The van der Waals surface area contributed by atoms with Crippen LogP contribution in [0.5, 0.6) is 0 Å². The maximum Gasteiger partial charge on any atom is 0.0776 e. The molecule has 0 spiro atoms. The van der Waals surface area contributed by atoms with Crippen molar-refractivity contribution in [2.24, 2.45) is 0 Å². The SMILES string of the molecule is CC(O)c1ccc(N2CCOCC2)cc1Cl. The van der Waals surface area contributed by atoms with E-state index in [1.807, 2.05) is 18.2 Å². The second kappa shape index (κ2) is 5.04. The molecule has 2 rings (SSSR count). The number of morpholine rings is 1. The lowest BCUT2D eigenvalue weighted by Gasteiger charge is -2.29. The molecule has 0 amide bonds. The van der Waals surface area contributed by atoms with Crippen molar-refractivity contribution in [1.29, 1.82) is 0 Å². The first-order valence-electron chi connectivity index (χ1n) is 5.48. The zero-order valence-corrected chi connectivity index (χ0v) is 10.1. The van der Waals surface area contributed by atoms with Crippen molar-refractivity contribution in [2.75, 3.05) is 31.2 Å². The largest absolute Gasteiger partial charge is 0.389 e. The van der Waals surface area contributed by atoms with Crippen LogP contribution < -0.4 is 4.90 Å². The smallest absolute Gasteiger partial charge is 0.0776 e. The van der Waals surface area contributed by atoms with Crippen molar-refractivity contribution in [1.82, 2.24) is 0 Å². The Morgan fingerprint density at radius 2 is 2.06 bits per heavy atom. The molecule has 1 saturated heterocycles. The van der Waals surface area contributed by atoms with Crippen LogP contribution in [0.4, 0.5) is 5.69 Å². The van der Waals surface area contributed by atoms with Crippen LogP contribution in [0.2, 0.25) is 5.02 Å². The first kappa shape index (κ1) is 11.7. The molecule has 1 aliphatic heterocycles. The summed E-state index contributed by atoms with van der Waals surface area (Å²) in [6.45, 7) is 5.02. The zero-order chi connectivity index (χ0) is 11.5. The van der Waals surface area contributed by atoms with E-state index in [0.717, 1.165) is 37.6 Å². The number of nitrogens with zero attached hydrogens (tertiary/aromatic N) is 1. The summed E-state index contributed by atoms with van der Waals surface area (Å²) in [6.07, 6.45) is -0.522. The molecule has 4 heteroatoms. The monoisotopic (exact) mass is 241 g/mol. The second-order valence-electron chi connectivity index (χ2n) is 3.98. The fourth-order valence-corrected chi connectivity index (χ4v) is 2.21. The molecule has 1 aromatic rings. The van der Waals surface area contributed by atoms with Crippen LogP contribution in [-0.4, -0.2) is 31.4 Å². The van der Waals surface area contributed by atoms with E-state index >= 15 is 0 Å². The summed E-state index contributed by atoms with van der Waals surface area (Å²) in [4.78, 5) is 2.24. The van der Waals surface area contributed by atoms with Crippen molar-refractivity contribution in [2.45, 2.75) is 13.0 Å². The zero-order valence-electron chi connectivity index (χ0n) is 9.32. The van der Waals surface area contributed by atoms with Crippen molar-refractivity contribution >= 4 is 17.3 Å². The van der Waals surface area contributed by atoms with Crippen LogP contribution in [0.3, 0.4) is 0 Å². The predicted octanol–water partition coefficient (Wildman–Crippen LogP) is 2.23. The van der Waals surface area contributed by atoms with Gasteiger partial charge in [0, 0.05) is 23.8 Å². The van der Waals surface area contributed by atoms with E-state index < -0.39 is 6.10 Å². The van der Waals surface area contributed by atoms with E-state index in [9.17, 15) is 5.11 Å². The van der Waals surface area contributed by atoms with Crippen molar-refractivity contribution < 1.29 is 9.84 Å². The minimum atomic E-state index is -0.522. The van der Waals surface area contributed by atoms with Gasteiger partial charge in [-0.3, -0.25) is 0 Å². The maximum atomic E-state index is 9.49. The lowest BCUT2D eigenvalue weighted by molar-refractivity contribution is 0.122. The number of rotatable bonds is 2. The molecular weight excluding hydrogens is 226 g/mol. The van der Waals surface area contributed by atoms with Crippen LogP contribution in [0, 0.1) is 0 Å². The van der Waals surface area contributed by atoms with Crippen molar-refractivity contribution in [3.63, 3.8) is 0 Å². The standard InChI is InChI=1S/C12H16ClNO2/c1-9(15)11-3-2-10(8-12(11)13)14-4-6-16-7-5-14/h2-3,8-9,15H,4-7H2,1H3. The molecule has 1 aromatic carbocycles. The van der Waals surface area contributed by atoms with E-state index in [1.165, 1.54) is 0 Å². The molecule has 0 aromatic heterocycles. The molecule has 0 radical (unpaired) electrons. The Labute approximate surface area is 101 Å². The van der Waals surface area contributed by atoms with Gasteiger partial charge in [-0.05, 0) is 24.6 Å². The Hall–Kier alpha value is -0.770. The molecule has 1 fully saturated rings. The van der Waals surface area contributed by atoms with Crippen molar-refractivity contribution in [3.8, 4) is 0 Å². The topological polar surface area (TPSA) is 32.7 Å². The van der Waals surface area contributed by atoms with Gasteiger partial charge in [-0.15, -0.1) is 0 Å². The van der Waals surface area contributed by atoms with Gasteiger partial charge in [-0.1, -0.05) is 17.7 Å².